The molecule has 0 amide bonds. The van der Waals surface area contributed by atoms with Crippen molar-refractivity contribution < 1.29 is 5.21 Å². The van der Waals surface area contributed by atoms with Crippen LogP contribution in [-0.4, -0.2) is 16.3 Å². The second-order valence-corrected chi connectivity index (χ2v) is 5.69. The number of halogens is 1. The van der Waals surface area contributed by atoms with E-state index in [1.54, 1.807) is 0 Å². The largest absolute Gasteiger partial charge is 0.411 e. The number of fused-ring (bicyclic) bond motifs is 2. The molecule has 2 aliphatic carbocycles. The molecule has 0 radical (unpaired) electrons. The van der Waals surface area contributed by atoms with Crippen molar-refractivity contribution in [1.82, 2.24) is 0 Å². The van der Waals surface area contributed by atoms with Gasteiger partial charge in [-0.1, -0.05) is 25.9 Å². The maximum Gasteiger partial charge on any atom is 0.0613 e. The SMILES string of the molecule is CC1(C)C2CC(Cl)C1(C)C/C2=N\O. The molecule has 2 bridgehead atoms. The summed E-state index contributed by atoms with van der Waals surface area (Å²) in [6.07, 6.45) is 1.82. The van der Waals surface area contributed by atoms with E-state index in [9.17, 15) is 0 Å². The van der Waals surface area contributed by atoms with Crippen molar-refractivity contribution in [1.29, 1.82) is 0 Å². The summed E-state index contributed by atoms with van der Waals surface area (Å²) in [7, 11) is 0. The molecule has 0 aliphatic heterocycles. The minimum Gasteiger partial charge on any atom is -0.411 e. The lowest BCUT2D eigenvalue weighted by Gasteiger charge is -2.35. The molecule has 2 fully saturated rings. The summed E-state index contributed by atoms with van der Waals surface area (Å²) < 4.78 is 0. The molecule has 2 aliphatic rings. The highest BCUT2D eigenvalue weighted by molar-refractivity contribution is 6.22. The molecule has 1 N–H and O–H groups in total. The van der Waals surface area contributed by atoms with Gasteiger partial charge in [-0.25, -0.2) is 0 Å². The molecule has 0 heterocycles. The van der Waals surface area contributed by atoms with E-state index in [4.69, 9.17) is 16.8 Å². The van der Waals surface area contributed by atoms with Gasteiger partial charge in [0.15, 0.2) is 0 Å². The van der Waals surface area contributed by atoms with Crippen LogP contribution in [0.25, 0.3) is 0 Å². The van der Waals surface area contributed by atoms with Crippen molar-refractivity contribution in [3.63, 3.8) is 0 Å². The molecule has 2 saturated carbocycles. The van der Waals surface area contributed by atoms with Crippen LogP contribution < -0.4 is 0 Å². The minimum absolute atomic E-state index is 0.112. The van der Waals surface area contributed by atoms with Gasteiger partial charge in [0.25, 0.3) is 0 Å². The first-order valence-corrected chi connectivity index (χ1v) is 5.22. The van der Waals surface area contributed by atoms with Crippen molar-refractivity contribution in [3.05, 3.63) is 0 Å². The fourth-order valence-electron chi connectivity index (χ4n) is 3.06. The van der Waals surface area contributed by atoms with Gasteiger partial charge in [-0.3, -0.25) is 0 Å². The number of alkyl halides is 1. The van der Waals surface area contributed by atoms with Crippen LogP contribution in [0.5, 0.6) is 0 Å². The Kier molecular flexibility index (Phi) is 1.73. The van der Waals surface area contributed by atoms with Crippen LogP contribution >= 0.6 is 11.6 Å². The van der Waals surface area contributed by atoms with Gasteiger partial charge in [0.2, 0.25) is 0 Å². The Bertz CT molecular complexity index is 274. The maximum absolute atomic E-state index is 8.87. The highest BCUT2D eigenvalue weighted by atomic mass is 35.5. The molecule has 13 heavy (non-hydrogen) atoms. The average Bonchev–Trinajstić information content (AvgIpc) is 2.34. The van der Waals surface area contributed by atoms with E-state index < -0.39 is 0 Å². The number of rotatable bonds is 0. The fraction of sp³-hybridized carbons (Fsp3) is 0.900. The van der Waals surface area contributed by atoms with E-state index in [0.29, 0.717) is 5.92 Å². The Morgan fingerprint density at radius 2 is 2.08 bits per heavy atom. The lowest BCUT2D eigenvalue weighted by atomic mass is 9.71. The molecule has 0 saturated heterocycles. The number of nitrogens with zero attached hydrogens (tertiary/aromatic N) is 1. The monoisotopic (exact) mass is 201 g/mol. The van der Waals surface area contributed by atoms with Gasteiger partial charge in [-0.05, 0) is 23.7 Å². The standard InChI is InChI=1S/C10H16ClNO/c1-9(2)6-4-8(11)10(9,3)5-7(6)12-13/h6,8,13H,4-5H2,1-3H3/b12-7+. The molecule has 0 spiro atoms. The zero-order valence-electron chi connectivity index (χ0n) is 8.34. The molecule has 3 unspecified atom stereocenters. The Balaban J connectivity index is 2.46. The predicted octanol–water partition coefficient (Wildman–Crippen LogP) is 2.88. The van der Waals surface area contributed by atoms with Crippen LogP contribution in [0.1, 0.15) is 33.6 Å². The van der Waals surface area contributed by atoms with Gasteiger partial charge in [0, 0.05) is 11.3 Å². The molecular weight excluding hydrogens is 186 g/mol. The molecule has 2 nitrogen and oxygen atoms in total. The van der Waals surface area contributed by atoms with E-state index in [0.717, 1.165) is 18.6 Å². The van der Waals surface area contributed by atoms with Crippen LogP contribution in [0.3, 0.4) is 0 Å². The summed E-state index contributed by atoms with van der Waals surface area (Å²) in [6, 6.07) is 0. The molecule has 2 rings (SSSR count). The zero-order valence-corrected chi connectivity index (χ0v) is 9.10. The quantitative estimate of drug-likeness (QED) is 0.365. The average molecular weight is 202 g/mol. The summed E-state index contributed by atoms with van der Waals surface area (Å²) in [6.45, 7) is 6.68. The molecule has 3 heteroatoms. The molecule has 0 aromatic heterocycles. The molecule has 0 aromatic rings. The number of hydrogen-bond acceptors (Lipinski definition) is 2. The van der Waals surface area contributed by atoms with E-state index in [2.05, 4.69) is 25.9 Å². The smallest absolute Gasteiger partial charge is 0.0613 e. The number of hydrogen-bond donors (Lipinski definition) is 1. The van der Waals surface area contributed by atoms with E-state index in [1.807, 2.05) is 0 Å². The van der Waals surface area contributed by atoms with Crippen molar-refractivity contribution in [2.75, 3.05) is 0 Å². The van der Waals surface area contributed by atoms with Gasteiger partial charge < -0.3 is 5.21 Å². The third kappa shape index (κ3) is 0.876. The third-order valence-corrected chi connectivity index (χ3v) is 5.22. The van der Waals surface area contributed by atoms with Crippen molar-refractivity contribution in [2.24, 2.45) is 21.9 Å². The summed E-state index contributed by atoms with van der Waals surface area (Å²) in [4.78, 5) is 0. The summed E-state index contributed by atoms with van der Waals surface area (Å²) >= 11 is 6.32. The van der Waals surface area contributed by atoms with Crippen molar-refractivity contribution >= 4 is 17.3 Å². The first-order valence-electron chi connectivity index (χ1n) is 4.78. The summed E-state index contributed by atoms with van der Waals surface area (Å²) in [5, 5.41) is 12.5. The lowest BCUT2D eigenvalue weighted by molar-refractivity contribution is 0.155. The van der Waals surface area contributed by atoms with Crippen LogP contribution in [0.2, 0.25) is 0 Å². The van der Waals surface area contributed by atoms with Crippen molar-refractivity contribution in [2.45, 2.75) is 39.0 Å². The van der Waals surface area contributed by atoms with Crippen LogP contribution in [0, 0.1) is 16.7 Å². The maximum atomic E-state index is 8.87. The van der Waals surface area contributed by atoms with Gasteiger partial charge >= 0.3 is 0 Å². The lowest BCUT2D eigenvalue weighted by Crippen LogP contribution is -2.32. The van der Waals surface area contributed by atoms with E-state index >= 15 is 0 Å². The van der Waals surface area contributed by atoms with Gasteiger partial charge in [0.05, 0.1) is 5.71 Å². The van der Waals surface area contributed by atoms with Crippen LogP contribution in [0.15, 0.2) is 5.16 Å². The Hall–Kier alpha value is -0.240. The van der Waals surface area contributed by atoms with E-state index in [1.165, 1.54) is 0 Å². The second kappa shape index (κ2) is 2.41. The Morgan fingerprint density at radius 3 is 2.38 bits per heavy atom. The zero-order chi connectivity index (χ0) is 9.85. The highest BCUT2D eigenvalue weighted by Crippen LogP contribution is 2.65. The van der Waals surface area contributed by atoms with Crippen LogP contribution in [0.4, 0.5) is 0 Å². The first-order chi connectivity index (χ1) is 5.93. The Morgan fingerprint density at radius 1 is 1.46 bits per heavy atom. The van der Waals surface area contributed by atoms with E-state index in [-0.39, 0.29) is 16.2 Å². The van der Waals surface area contributed by atoms with Gasteiger partial charge in [-0.2, -0.15) is 0 Å². The minimum atomic E-state index is 0.112. The summed E-state index contributed by atoms with van der Waals surface area (Å²) in [5.74, 6) is 0.380. The topological polar surface area (TPSA) is 32.6 Å². The molecule has 74 valence electrons. The normalized spacial score (nSPS) is 50.3. The highest BCUT2D eigenvalue weighted by Gasteiger charge is 2.64. The Labute approximate surface area is 84.0 Å². The number of oxime groups is 1. The predicted molar refractivity (Wildman–Crippen MR) is 53.5 cm³/mol. The third-order valence-electron chi connectivity index (χ3n) is 4.56. The molecular formula is C10H16ClNO. The van der Waals surface area contributed by atoms with Gasteiger partial charge in [0.1, 0.15) is 0 Å². The molecule has 3 atom stereocenters. The van der Waals surface area contributed by atoms with Crippen molar-refractivity contribution in [3.8, 4) is 0 Å². The first kappa shape index (κ1) is 9.32. The fourth-order valence-corrected chi connectivity index (χ4v) is 3.60. The summed E-state index contributed by atoms with van der Waals surface area (Å²) in [5.41, 5.74) is 1.24. The molecule has 0 aromatic carbocycles. The van der Waals surface area contributed by atoms with Crippen LogP contribution in [-0.2, 0) is 0 Å². The second-order valence-electron chi connectivity index (χ2n) is 5.16. The van der Waals surface area contributed by atoms with Gasteiger partial charge in [-0.15, -0.1) is 11.6 Å².